The minimum absolute atomic E-state index is 0.117. The molecule has 1 saturated heterocycles. The maximum absolute atomic E-state index is 11.7. The summed E-state index contributed by atoms with van der Waals surface area (Å²) in [6.07, 6.45) is 5.07. The molecule has 3 aromatic rings. The van der Waals surface area contributed by atoms with Gasteiger partial charge in [0.1, 0.15) is 11.6 Å². The van der Waals surface area contributed by atoms with Crippen molar-refractivity contribution in [3.8, 4) is 11.6 Å². The minimum Gasteiger partial charge on any atom is -0.435 e. The normalized spacial score (nSPS) is 16.8. The molecule has 0 amide bonds. The van der Waals surface area contributed by atoms with Crippen molar-refractivity contribution >= 4 is 17.0 Å². The Balaban J connectivity index is 1.60. The summed E-state index contributed by atoms with van der Waals surface area (Å²) in [6.45, 7) is 5.45. The first kappa shape index (κ1) is 16.5. The van der Waals surface area contributed by atoms with E-state index in [0.29, 0.717) is 28.4 Å². The number of ether oxygens (including phenoxy) is 1. The molecule has 1 fully saturated rings. The van der Waals surface area contributed by atoms with Gasteiger partial charge in [0.2, 0.25) is 0 Å². The first-order valence-corrected chi connectivity index (χ1v) is 8.54. The first-order valence-electron chi connectivity index (χ1n) is 8.54. The van der Waals surface area contributed by atoms with Gasteiger partial charge >= 0.3 is 0 Å². The summed E-state index contributed by atoms with van der Waals surface area (Å²) in [7, 11) is 0. The molecule has 136 valence electrons. The summed E-state index contributed by atoms with van der Waals surface area (Å²) >= 11 is 0. The number of hydrogen-bond acceptors (Lipinski definition) is 7. The van der Waals surface area contributed by atoms with Gasteiger partial charge in [-0.1, -0.05) is 0 Å². The Morgan fingerprint density at radius 3 is 2.88 bits per heavy atom. The highest BCUT2D eigenvalue weighted by atomic mass is 16.5. The van der Waals surface area contributed by atoms with Gasteiger partial charge in [0.05, 0.1) is 11.8 Å². The number of piperidine rings is 1. The molecule has 9 nitrogen and oxygen atoms in total. The Morgan fingerprint density at radius 1 is 1.35 bits per heavy atom. The Bertz CT molecular complexity index is 998. The van der Waals surface area contributed by atoms with E-state index in [-0.39, 0.29) is 11.1 Å². The lowest BCUT2D eigenvalue weighted by Gasteiger charge is -2.37. The molecule has 0 bridgehead atoms. The van der Waals surface area contributed by atoms with Crippen molar-refractivity contribution in [2.75, 3.05) is 18.0 Å². The smallest absolute Gasteiger partial charge is 0.266 e. The van der Waals surface area contributed by atoms with E-state index in [1.165, 1.54) is 6.20 Å². The van der Waals surface area contributed by atoms with Crippen LogP contribution in [0.2, 0.25) is 0 Å². The van der Waals surface area contributed by atoms with Crippen LogP contribution in [0.1, 0.15) is 25.3 Å². The van der Waals surface area contributed by atoms with Gasteiger partial charge in [0.25, 0.3) is 11.4 Å². The highest BCUT2D eigenvalue weighted by Gasteiger charge is 2.27. The number of pyridine rings is 1. The van der Waals surface area contributed by atoms with Crippen LogP contribution in [0.25, 0.3) is 11.2 Å². The average Bonchev–Trinajstić information content (AvgIpc) is 3.01. The summed E-state index contributed by atoms with van der Waals surface area (Å²) in [5, 5.41) is 7.00. The van der Waals surface area contributed by atoms with Gasteiger partial charge in [-0.05, 0) is 32.8 Å². The van der Waals surface area contributed by atoms with Crippen molar-refractivity contribution in [1.29, 1.82) is 0 Å². The van der Waals surface area contributed by atoms with Crippen LogP contribution in [-0.4, -0.2) is 43.8 Å². The molecule has 0 aromatic carbocycles. The number of nitrogens with zero attached hydrogens (tertiary/aromatic N) is 4. The molecule has 26 heavy (non-hydrogen) atoms. The fourth-order valence-electron chi connectivity index (χ4n) is 2.99. The van der Waals surface area contributed by atoms with Gasteiger partial charge in [-0.15, -0.1) is 5.10 Å². The van der Waals surface area contributed by atoms with Crippen molar-refractivity contribution in [3.05, 3.63) is 34.4 Å². The third kappa shape index (κ3) is 3.01. The number of aromatic amines is 2. The van der Waals surface area contributed by atoms with Crippen molar-refractivity contribution in [2.45, 2.75) is 32.2 Å². The number of H-pyrrole nitrogens is 2. The number of rotatable bonds is 3. The third-order valence-electron chi connectivity index (χ3n) is 4.82. The Labute approximate surface area is 149 Å². The topological polar surface area (TPSA) is 126 Å². The van der Waals surface area contributed by atoms with Crippen LogP contribution in [0.5, 0.6) is 11.6 Å². The standard InChI is InChI=1S/C17H21N7O2/c1-10-11(3-6-19-15(10)25)26-16-13-14(22-23-16)21-12(9-20-13)24-7-4-17(2,18)5-8-24/h3,6,9H,4-5,7-8,18H2,1-2H3,(H,19,25)(H,21,22,23). The second-order valence-corrected chi connectivity index (χ2v) is 6.99. The van der Waals surface area contributed by atoms with E-state index in [1.807, 2.05) is 0 Å². The summed E-state index contributed by atoms with van der Waals surface area (Å²) in [5.41, 5.74) is 7.41. The van der Waals surface area contributed by atoms with Crippen LogP contribution in [0.15, 0.2) is 23.3 Å². The van der Waals surface area contributed by atoms with E-state index in [4.69, 9.17) is 10.5 Å². The fourth-order valence-corrected chi connectivity index (χ4v) is 2.99. The van der Waals surface area contributed by atoms with Crippen LogP contribution < -0.4 is 20.9 Å². The Hall–Kier alpha value is -2.94. The molecular weight excluding hydrogens is 334 g/mol. The van der Waals surface area contributed by atoms with E-state index in [0.717, 1.165) is 31.7 Å². The molecule has 0 aliphatic carbocycles. The Kier molecular flexibility index (Phi) is 3.87. The molecule has 9 heteroatoms. The Morgan fingerprint density at radius 2 is 2.12 bits per heavy atom. The second-order valence-electron chi connectivity index (χ2n) is 6.99. The number of nitrogens with one attached hydrogen (secondary N) is 2. The van der Waals surface area contributed by atoms with E-state index >= 15 is 0 Å². The van der Waals surface area contributed by atoms with Crippen LogP contribution >= 0.6 is 0 Å². The number of aromatic nitrogens is 5. The molecule has 3 aromatic heterocycles. The van der Waals surface area contributed by atoms with Gasteiger partial charge in [-0.25, -0.2) is 9.97 Å². The fraction of sp³-hybridized carbons (Fsp3) is 0.412. The summed E-state index contributed by atoms with van der Waals surface area (Å²) in [5.74, 6) is 1.52. The minimum atomic E-state index is -0.201. The molecule has 4 N–H and O–H groups in total. The monoisotopic (exact) mass is 355 g/mol. The molecule has 4 heterocycles. The van der Waals surface area contributed by atoms with Gasteiger partial charge in [0, 0.05) is 24.8 Å². The summed E-state index contributed by atoms with van der Waals surface area (Å²) in [4.78, 5) is 25.5. The molecule has 0 radical (unpaired) electrons. The SMILES string of the molecule is Cc1c(Oc2n[nH]c3nc(N4CCC(C)(N)CC4)cnc23)cc[nH]c1=O. The molecule has 4 rings (SSSR count). The molecule has 0 saturated carbocycles. The van der Waals surface area contributed by atoms with Crippen LogP contribution in [-0.2, 0) is 0 Å². The molecule has 1 aliphatic heterocycles. The van der Waals surface area contributed by atoms with E-state index in [1.54, 1.807) is 19.2 Å². The van der Waals surface area contributed by atoms with Gasteiger partial charge in [-0.3, -0.25) is 9.89 Å². The zero-order valence-corrected chi connectivity index (χ0v) is 14.7. The number of anilines is 1. The van der Waals surface area contributed by atoms with Gasteiger partial charge in [0.15, 0.2) is 11.2 Å². The average molecular weight is 355 g/mol. The zero-order chi connectivity index (χ0) is 18.3. The van der Waals surface area contributed by atoms with Crippen molar-refractivity contribution in [3.63, 3.8) is 0 Å². The van der Waals surface area contributed by atoms with E-state index in [2.05, 4.69) is 37.0 Å². The van der Waals surface area contributed by atoms with Crippen LogP contribution in [0, 0.1) is 6.92 Å². The molecule has 0 spiro atoms. The van der Waals surface area contributed by atoms with Crippen molar-refractivity contribution in [1.82, 2.24) is 25.1 Å². The highest BCUT2D eigenvalue weighted by molar-refractivity contribution is 5.77. The quantitative estimate of drug-likeness (QED) is 0.649. The summed E-state index contributed by atoms with van der Waals surface area (Å²) in [6, 6.07) is 1.68. The molecule has 0 unspecified atom stereocenters. The lowest BCUT2D eigenvalue weighted by atomic mass is 9.91. The molecular formula is C17H21N7O2. The van der Waals surface area contributed by atoms with E-state index in [9.17, 15) is 4.79 Å². The van der Waals surface area contributed by atoms with E-state index < -0.39 is 0 Å². The predicted molar refractivity (Wildman–Crippen MR) is 97.6 cm³/mol. The van der Waals surface area contributed by atoms with Crippen LogP contribution in [0.3, 0.4) is 0 Å². The van der Waals surface area contributed by atoms with Crippen LogP contribution in [0.4, 0.5) is 5.82 Å². The van der Waals surface area contributed by atoms with Crippen molar-refractivity contribution in [2.24, 2.45) is 5.73 Å². The number of fused-ring (bicyclic) bond motifs is 1. The maximum Gasteiger partial charge on any atom is 0.266 e. The lowest BCUT2D eigenvalue weighted by Crippen LogP contribution is -2.48. The van der Waals surface area contributed by atoms with Gasteiger partial charge in [-0.2, -0.15) is 0 Å². The zero-order valence-electron chi connectivity index (χ0n) is 14.7. The third-order valence-corrected chi connectivity index (χ3v) is 4.82. The summed E-state index contributed by atoms with van der Waals surface area (Å²) < 4.78 is 5.76. The number of nitrogens with two attached hydrogens (primary N) is 1. The second kappa shape index (κ2) is 6.10. The highest BCUT2D eigenvalue weighted by Crippen LogP contribution is 2.28. The lowest BCUT2D eigenvalue weighted by molar-refractivity contribution is 0.363. The van der Waals surface area contributed by atoms with Gasteiger partial charge < -0.3 is 20.4 Å². The number of hydrogen-bond donors (Lipinski definition) is 3. The molecule has 0 atom stereocenters. The van der Waals surface area contributed by atoms with Crippen molar-refractivity contribution < 1.29 is 4.74 Å². The maximum atomic E-state index is 11.7. The largest absolute Gasteiger partial charge is 0.435 e. The first-order chi connectivity index (χ1) is 12.4. The molecule has 1 aliphatic rings. The predicted octanol–water partition coefficient (Wildman–Crippen LogP) is 1.46.